The Morgan fingerprint density at radius 2 is 1.75 bits per heavy atom. The van der Waals surface area contributed by atoms with Gasteiger partial charge in [0.05, 0.1) is 0 Å². The highest BCUT2D eigenvalue weighted by Crippen LogP contribution is 2.30. The average molecular weight is 214 g/mol. The number of hydrogen-bond donors (Lipinski definition) is 0. The van der Waals surface area contributed by atoms with Gasteiger partial charge in [-0.15, -0.1) is 0 Å². The zero-order valence-corrected chi connectivity index (χ0v) is 9.82. The fourth-order valence-electron chi connectivity index (χ4n) is 2.61. The van der Waals surface area contributed by atoms with Gasteiger partial charge in [-0.3, -0.25) is 0 Å². The third kappa shape index (κ3) is 1.63. The van der Waals surface area contributed by atoms with Crippen molar-refractivity contribution in [3.63, 3.8) is 0 Å². The number of nitrogens with zero attached hydrogens (tertiary/aromatic N) is 2. The zero-order valence-electron chi connectivity index (χ0n) is 9.82. The Labute approximate surface area is 97.2 Å². The summed E-state index contributed by atoms with van der Waals surface area (Å²) in [5, 5.41) is 0. The van der Waals surface area contributed by atoms with Crippen LogP contribution in [0.3, 0.4) is 0 Å². The quantitative estimate of drug-likeness (QED) is 0.703. The molecule has 1 fully saturated rings. The molecular formula is C14H18N2. The van der Waals surface area contributed by atoms with E-state index in [1.807, 2.05) is 0 Å². The summed E-state index contributed by atoms with van der Waals surface area (Å²) < 4.78 is 0. The van der Waals surface area contributed by atoms with Crippen molar-refractivity contribution in [3.05, 3.63) is 41.5 Å². The molecule has 0 saturated carbocycles. The molecule has 0 spiro atoms. The SMILES string of the molecule is CN1CCN(C2=CCc3ccccc32)CC1. The molecule has 16 heavy (non-hydrogen) atoms. The molecular weight excluding hydrogens is 196 g/mol. The van der Waals surface area contributed by atoms with Gasteiger partial charge >= 0.3 is 0 Å². The van der Waals surface area contributed by atoms with Crippen LogP contribution in [-0.2, 0) is 6.42 Å². The van der Waals surface area contributed by atoms with Crippen molar-refractivity contribution in [2.24, 2.45) is 0 Å². The van der Waals surface area contributed by atoms with Gasteiger partial charge < -0.3 is 9.80 Å². The van der Waals surface area contributed by atoms with Gasteiger partial charge in [0.1, 0.15) is 0 Å². The van der Waals surface area contributed by atoms with Crippen LogP contribution in [0, 0.1) is 0 Å². The lowest BCUT2D eigenvalue weighted by molar-refractivity contribution is 0.207. The van der Waals surface area contributed by atoms with Crippen molar-refractivity contribution < 1.29 is 0 Å². The highest BCUT2D eigenvalue weighted by molar-refractivity contribution is 5.71. The van der Waals surface area contributed by atoms with E-state index < -0.39 is 0 Å². The second-order valence-electron chi connectivity index (χ2n) is 4.74. The highest BCUT2D eigenvalue weighted by Gasteiger charge is 2.21. The Morgan fingerprint density at radius 1 is 1.00 bits per heavy atom. The van der Waals surface area contributed by atoms with Crippen LogP contribution < -0.4 is 0 Å². The van der Waals surface area contributed by atoms with Gasteiger partial charge in [-0.1, -0.05) is 30.3 Å². The van der Waals surface area contributed by atoms with Crippen LogP contribution in [0.4, 0.5) is 0 Å². The summed E-state index contributed by atoms with van der Waals surface area (Å²) in [7, 11) is 2.20. The third-order valence-electron chi connectivity index (χ3n) is 3.65. The van der Waals surface area contributed by atoms with Crippen LogP contribution in [0.5, 0.6) is 0 Å². The molecule has 0 N–H and O–H groups in total. The van der Waals surface area contributed by atoms with Crippen molar-refractivity contribution >= 4 is 5.70 Å². The van der Waals surface area contributed by atoms with Gasteiger partial charge in [0.15, 0.2) is 0 Å². The van der Waals surface area contributed by atoms with Crippen LogP contribution >= 0.6 is 0 Å². The number of rotatable bonds is 1. The minimum atomic E-state index is 1.11. The summed E-state index contributed by atoms with van der Waals surface area (Å²) in [4.78, 5) is 4.93. The van der Waals surface area contributed by atoms with Crippen LogP contribution in [0.1, 0.15) is 11.1 Å². The standard InChI is InChI=1S/C14H18N2/c1-15-8-10-16(11-9-15)14-7-6-12-4-2-3-5-13(12)14/h2-5,7H,6,8-11H2,1H3. The molecule has 0 aromatic heterocycles. The number of fused-ring (bicyclic) bond motifs is 1. The van der Waals surface area contributed by atoms with E-state index in [0.29, 0.717) is 0 Å². The Kier molecular flexibility index (Phi) is 2.44. The van der Waals surface area contributed by atoms with Gasteiger partial charge in [0, 0.05) is 37.4 Å². The lowest BCUT2D eigenvalue weighted by Gasteiger charge is -2.35. The lowest BCUT2D eigenvalue weighted by atomic mass is 10.1. The van der Waals surface area contributed by atoms with E-state index in [9.17, 15) is 0 Å². The highest BCUT2D eigenvalue weighted by atomic mass is 15.3. The summed E-state index contributed by atoms with van der Waals surface area (Å²) >= 11 is 0. The van der Waals surface area contributed by atoms with E-state index in [-0.39, 0.29) is 0 Å². The molecule has 1 heterocycles. The monoisotopic (exact) mass is 214 g/mol. The molecule has 2 nitrogen and oxygen atoms in total. The minimum absolute atomic E-state index is 1.11. The first-order chi connectivity index (χ1) is 7.84. The van der Waals surface area contributed by atoms with Crippen LogP contribution in [0.15, 0.2) is 30.3 Å². The maximum Gasteiger partial charge on any atom is 0.0406 e. The molecule has 0 atom stereocenters. The van der Waals surface area contributed by atoms with Gasteiger partial charge in [-0.05, 0) is 19.0 Å². The van der Waals surface area contributed by atoms with Gasteiger partial charge in [0.2, 0.25) is 0 Å². The topological polar surface area (TPSA) is 6.48 Å². The maximum absolute atomic E-state index is 2.53. The molecule has 1 saturated heterocycles. The maximum atomic E-state index is 2.53. The second-order valence-corrected chi connectivity index (χ2v) is 4.74. The van der Waals surface area contributed by atoms with E-state index in [1.54, 1.807) is 0 Å². The number of piperazine rings is 1. The van der Waals surface area contributed by atoms with Gasteiger partial charge in [-0.2, -0.15) is 0 Å². The Morgan fingerprint density at radius 3 is 2.56 bits per heavy atom. The van der Waals surface area contributed by atoms with Crippen molar-refractivity contribution in [2.75, 3.05) is 33.2 Å². The van der Waals surface area contributed by atoms with E-state index in [1.165, 1.54) is 29.9 Å². The lowest BCUT2D eigenvalue weighted by Crippen LogP contribution is -2.43. The molecule has 1 aromatic carbocycles. The fourth-order valence-corrected chi connectivity index (χ4v) is 2.61. The first-order valence-corrected chi connectivity index (χ1v) is 6.06. The molecule has 0 amide bonds. The van der Waals surface area contributed by atoms with Crippen LogP contribution in [-0.4, -0.2) is 43.0 Å². The number of benzene rings is 1. The molecule has 1 aliphatic heterocycles. The molecule has 0 radical (unpaired) electrons. The molecule has 2 aliphatic rings. The molecule has 84 valence electrons. The predicted molar refractivity (Wildman–Crippen MR) is 67.2 cm³/mol. The number of allylic oxidation sites excluding steroid dienone is 1. The van der Waals surface area contributed by atoms with Crippen molar-refractivity contribution in [2.45, 2.75) is 6.42 Å². The molecule has 2 heteroatoms. The van der Waals surface area contributed by atoms with E-state index in [4.69, 9.17) is 0 Å². The van der Waals surface area contributed by atoms with Crippen molar-refractivity contribution in [1.82, 2.24) is 9.80 Å². The van der Waals surface area contributed by atoms with E-state index >= 15 is 0 Å². The van der Waals surface area contributed by atoms with Gasteiger partial charge in [-0.25, -0.2) is 0 Å². The summed E-state index contributed by atoms with van der Waals surface area (Å²) in [6.45, 7) is 4.69. The number of likely N-dealkylation sites (N-methyl/N-ethyl adjacent to an activating group) is 1. The van der Waals surface area contributed by atoms with E-state index in [0.717, 1.165) is 19.5 Å². The summed E-state index contributed by atoms with van der Waals surface area (Å²) in [5.41, 5.74) is 4.40. The molecule has 3 rings (SSSR count). The molecule has 1 aromatic rings. The largest absolute Gasteiger partial charge is 0.369 e. The summed E-state index contributed by atoms with van der Waals surface area (Å²) in [6, 6.07) is 8.79. The van der Waals surface area contributed by atoms with Crippen LogP contribution in [0.25, 0.3) is 5.70 Å². The fraction of sp³-hybridized carbons (Fsp3) is 0.429. The Balaban J connectivity index is 1.82. The summed E-state index contributed by atoms with van der Waals surface area (Å²) in [5.74, 6) is 0. The zero-order chi connectivity index (χ0) is 11.0. The normalized spacial score (nSPS) is 20.8. The Bertz CT molecular complexity index is 414. The number of hydrogen-bond acceptors (Lipinski definition) is 2. The van der Waals surface area contributed by atoms with Gasteiger partial charge in [0.25, 0.3) is 0 Å². The van der Waals surface area contributed by atoms with Crippen molar-refractivity contribution in [1.29, 1.82) is 0 Å². The smallest absolute Gasteiger partial charge is 0.0406 e. The van der Waals surface area contributed by atoms with E-state index in [2.05, 4.69) is 47.2 Å². The minimum Gasteiger partial charge on any atom is -0.369 e. The van der Waals surface area contributed by atoms with Crippen LogP contribution in [0.2, 0.25) is 0 Å². The predicted octanol–water partition coefficient (Wildman–Crippen LogP) is 1.83. The summed E-state index contributed by atoms with van der Waals surface area (Å²) in [6.07, 6.45) is 3.49. The second kappa shape index (κ2) is 3.95. The van der Waals surface area contributed by atoms with Crippen molar-refractivity contribution in [3.8, 4) is 0 Å². The molecule has 0 unspecified atom stereocenters. The molecule has 1 aliphatic carbocycles. The third-order valence-corrected chi connectivity index (χ3v) is 3.65. The Hall–Kier alpha value is -1.28. The average Bonchev–Trinajstić information content (AvgIpc) is 2.74. The first-order valence-electron chi connectivity index (χ1n) is 6.06. The first kappa shape index (κ1) is 9.91. The molecule has 0 bridgehead atoms.